The summed E-state index contributed by atoms with van der Waals surface area (Å²) in [6.45, 7) is 0.544. The number of aromatic nitrogens is 3. The Labute approximate surface area is 127 Å². The molecule has 0 aliphatic heterocycles. The average Bonchev–Trinajstić information content (AvgIpc) is 3.05. The molecule has 5 heteroatoms. The minimum atomic E-state index is 0.544. The van der Waals surface area contributed by atoms with E-state index in [4.69, 9.17) is 9.72 Å². The Morgan fingerprint density at radius 2 is 2.10 bits per heavy atom. The lowest BCUT2D eigenvalue weighted by atomic mass is 9.90. The third kappa shape index (κ3) is 2.36. The fourth-order valence-corrected chi connectivity index (χ4v) is 3.80. The summed E-state index contributed by atoms with van der Waals surface area (Å²) < 4.78 is 6.97. The summed E-state index contributed by atoms with van der Waals surface area (Å²) >= 11 is 1.58. The topological polar surface area (TPSA) is 39.4 Å². The van der Waals surface area contributed by atoms with Crippen molar-refractivity contribution in [2.45, 2.75) is 32.3 Å². The van der Waals surface area contributed by atoms with Gasteiger partial charge in [0.05, 0.1) is 18.5 Å². The summed E-state index contributed by atoms with van der Waals surface area (Å²) in [5.74, 6) is 0. The summed E-state index contributed by atoms with van der Waals surface area (Å²) in [5, 5.41) is 5.44. The first-order valence-electron chi connectivity index (χ1n) is 7.30. The maximum absolute atomic E-state index is 5.11. The predicted octanol–water partition coefficient (Wildman–Crippen LogP) is 3.48. The SMILES string of the molecule is COCc1nn2cc(-c3ccc4c(c3)CCCC4)nc2s1. The second-order valence-corrected chi connectivity index (χ2v) is 6.51. The molecule has 0 saturated carbocycles. The summed E-state index contributed by atoms with van der Waals surface area (Å²) in [4.78, 5) is 5.62. The van der Waals surface area contributed by atoms with E-state index >= 15 is 0 Å². The molecule has 4 nitrogen and oxygen atoms in total. The normalized spacial score (nSPS) is 14.5. The van der Waals surface area contributed by atoms with Gasteiger partial charge in [0.25, 0.3) is 0 Å². The smallest absolute Gasteiger partial charge is 0.212 e. The number of ether oxygens (including phenoxy) is 1. The number of aryl methyl sites for hydroxylation is 2. The Kier molecular flexibility index (Phi) is 3.24. The molecule has 2 aromatic heterocycles. The van der Waals surface area contributed by atoms with Gasteiger partial charge in [0.1, 0.15) is 5.01 Å². The number of imidazole rings is 1. The minimum Gasteiger partial charge on any atom is -0.377 e. The van der Waals surface area contributed by atoms with Crippen LogP contribution in [-0.2, 0) is 24.2 Å². The zero-order chi connectivity index (χ0) is 14.2. The van der Waals surface area contributed by atoms with Gasteiger partial charge in [0.15, 0.2) is 0 Å². The number of rotatable bonds is 3. The first kappa shape index (κ1) is 13.0. The number of methoxy groups -OCH3 is 1. The molecule has 108 valence electrons. The molecule has 0 spiro atoms. The molecular weight excluding hydrogens is 282 g/mol. The zero-order valence-electron chi connectivity index (χ0n) is 12.0. The van der Waals surface area contributed by atoms with E-state index in [1.54, 1.807) is 18.4 Å². The summed E-state index contributed by atoms with van der Waals surface area (Å²) in [5.41, 5.74) is 5.20. The molecule has 0 bridgehead atoms. The first-order chi connectivity index (χ1) is 10.3. The van der Waals surface area contributed by atoms with Crippen LogP contribution < -0.4 is 0 Å². The van der Waals surface area contributed by atoms with Crippen LogP contribution in [0.15, 0.2) is 24.4 Å². The Morgan fingerprint density at radius 3 is 2.90 bits per heavy atom. The van der Waals surface area contributed by atoms with Crippen LogP contribution in [0.5, 0.6) is 0 Å². The zero-order valence-corrected chi connectivity index (χ0v) is 12.8. The highest BCUT2D eigenvalue weighted by molar-refractivity contribution is 7.16. The quantitative estimate of drug-likeness (QED) is 0.743. The number of hydrogen-bond acceptors (Lipinski definition) is 4. The van der Waals surface area contributed by atoms with Crippen molar-refractivity contribution < 1.29 is 4.74 Å². The third-order valence-corrected chi connectivity index (χ3v) is 4.89. The molecule has 21 heavy (non-hydrogen) atoms. The number of hydrogen-bond donors (Lipinski definition) is 0. The van der Waals surface area contributed by atoms with Crippen LogP contribution in [-0.4, -0.2) is 21.7 Å². The predicted molar refractivity (Wildman–Crippen MR) is 83.7 cm³/mol. The van der Waals surface area contributed by atoms with Crippen LogP contribution >= 0.6 is 11.3 Å². The highest BCUT2D eigenvalue weighted by atomic mass is 32.1. The monoisotopic (exact) mass is 299 g/mol. The minimum absolute atomic E-state index is 0.544. The van der Waals surface area contributed by atoms with Gasteiger partial charge in [-0.25, -0.2) is 9.50 Å². The van der Waals surface area contributed by atoms with Crippen molar-refractivity contribution in [3.05, 3.63) is 40.5 Å². The molecule has 1 aliphatic rings. The van der Waals surface area contributed by atoms with E-state index in [1.807, 2.05) is 10.7 Å². The van der Waals surface area contributed by atoms with Gasteiger partial charge in [-0.05, 0) is 42.9 Å². The summed E-state index contributed by atoms with van der Waals surface area (Å²) in [7, 11) is 1.68. The Balaban J connectivity index is 1.70. The number of fused-ring (bicyclic) bond motifs is 2. The van der Waals surface area contributed by atoms with Gasteiger partial charge in [-0.3, -0.25) is 0 Å². The number of benzene rings is 1. The molecule has 2 heterocycles. The van der Waals surface area contributed by atoms with Crippen LogP contribution in [0.2, 0.25) is 0 Å². The Hall–Kier alpha value is -1.72. The summed E-state index contributed by atoms with van der Waals surface area (Å²) in [6.07, 6.45) is 7.04. The molecule has 1 aliphatic carbocycles. The van der Waals surface area contributed by atoms with Crippen molar-refractivity contribution >= 4 is 16.3 Å². The molecule has 0 saturated heterocycles. The maximum Gasteiger partial charge on any atom is 0.212 e. The first-order valence-corrected chi connectivity index (χ1v) is 8.11. The largest absolute Gasteiger partial charge is 0.377 e. The van der Waals surface area contributed by atoms with Crippen LogP contribution in [0.25, 0.3) is 16.2 Å². The maximum atomic E-state index is 5.11. The van der Waals surface area contributed by atoms with E-state index in [-0.39, 0.29) is 0 Å². The highest BCUT2D eigenvalue weighted by Crippen LogP contribution is 2.28. The van der Waals surface area contributed by atoms with Gasteiger partial charge in [0, 0.05) is 12.7 Å². The van der Waals surface area contributed by atoms with Gasteiger partial charge in [-0.1, -0.05) is 23.5 Å². The lowest BCUT2D eigenvalue weighted by Gasteiger charge is -2.15. The lowest BCUT2D eigenvalue weighted by Crippen LogP contribution is -2.02. The van der Waals surface area contributed by atoms with Crippen LogP contribution in [0.4, 0.5) is 0 Å². The van der Waals surface area contributed by atoms with Crippen molar-refractivity contribution in [3.8, 4) is 11.3 Å². The number of nitrogens with zero attached hydrogens (tertiary/aromatic N) is 3. The van der Waals surface area contributed by atoms with Crippen molar-refractivity contribution in [2.75, 3.05) is 7.11 Å². The second kappa shape index (κ2) is 5.24. The molecule has 0 unspecified atom stereocenters. The van der Waals surface area contributed by atoms with E-state index in [0.29, 0.717) is 6.61 Å². The Morgan fingerprint density at radius 1 is 1.24 bits per heavy atom. The summed E-state index contributed by atoms with van der Waals surface area (Å²) in [6, 6.07) is 6.75. The molecule has 0 fully saturated rings. The molecule has 0 amide bonds. The lowest BCUT2D eigenvalue weighted by molar-refractivity contribution is 0.183. The molecule has 1 aromatic carbocycles. The van der Waals surface area contributed by atoms with Gasteiger partial charge in [-0.15, -0.1) is 0 Å². The molecule has 0 N–H and O–H groups in total. The Bertz CT molecular complexity index is 759. The van der Waals surface area contributed by atoms with Gasteiger partial charge in [0.2, 0.25) is 4.96 Å². The molecule has 4 rings (SSSR count). The van der Waals surface area contributed by atoms with Gasteiger partial charge < -0.3 is 4.74 Å². The van der Waals surface area contributed by atoms with Crippen LogP contribution in [0.1, 0.15) is 29.0 Å². The standard InChI is InChI=1S/C16H17N3OS/c1-20-10-15-18-19-9-14(17-16(19)21-15)13-7-6-11-4-2-3-5-12(11)8-13/h6-9H,2-5,10H2,1H3. The second-order valence-electron chi connectivity index (χ2n) is 5.47. The van der Waals surface area contributed by atoms with Crippen molar-refractivity contribution in [1.82, 2.24) is 14.6 Å². The van der Waals surface area contributed by atoms with E-state index in [1.165, 1.54) is 42.4 Å². The third-order valence-electron chi connectivity index (χ3n) is 4.00. The molecular formula is C16H17N3OS. The highest BCUT2D eigenvalue weighted by Gasteiger charge is 2.13. The average molecular weight is 299 g/mol. The van der Waals surface area contributed by atoms with E-state index in [0.717, 1.165) is 15.7 Å². The molecule has 0 atom stereocenters. The van der Waals surface area contributed by atoms with E-state index in [9.17, 15) is 0 Å². The van der Waals surface area contributed by atoms with Crippen molar-refractivity contribution in [2.24, 2.45) is 0 Å². The molecule has 0 radical (unpaired) electrons. The van der Waals surface area contributed by atoms with Crippen LogP contribution in [0.3, 0.4) is 0 Å². The van der Waals surface area contributed by atoms with Gasteiger partial charge >= 0.3 is 0 Å². The van der Waals surface area contributed by atoms with Gasteiger partial charge in [-0.2, -0.15) is 5.10 Å². The van der Waals surface area contributed by atoms with E-state index < -0.39 is 0 Å². The van der Waals surface area contributed by atoms with Crippen molar-refractivity contribution in [3.63, 3.8) is 0 Å². The van der Waals surface area contributed by atoms with E-state index in [2.05, 4.69) is 23.3 Å². The fourth-order valence-electron chi connectivity index (χ4n) is 2.96. The van der Waals surface area contributed by atoms with Crippen molar-refractivity contribution in [1.29, 1.82) is 0 Å². The molecule has 3 aromatic rings. The van der Waals surface area contributed by atoms with Crippen LogP contribution in [0, 0.1) is 0 Å². The fraction of sp³-hybridized carbons (Fsp3) is 0.375.